The van der Waals surface area contributed by atoms with Crippen molar-refractivity contribution in [1.82, 2.24) is 19.8 Å². The summed E-state index contributed by atoms with van der Waals surface area (Å²) in [5.74, 6) is -1.31. The first-order valence-corrected chi connectivity index (χ1v) is 23.9. The monoisotopic (exact) mass is 818 g/mol. The van der Waals surface area contributed by atoms with Crippen molar-refractivity contribution >= 4 is 69.5 Å². The molecule has 3 aliphatic heterocycles. The number of imide groups is 1. The highest BCUT2D eigenvalue weighted by atomic mass is 32.2. The van der Waals surface area contributed by atoms with E-state index in [-0.39, 0.29) is 65.7 Å². The molecule has 0 spiro atoms. The predicted octanol–water partition coefficient (Wildman–Crippen LogP) is 5.65. The normalized spacial score (nSPS) is 27.3. The number of rotatable bonds is 11. The molecule has 12 nitrogen and oxygen atoms in total. The second-order valence-electron chi connectivity index (χ2n) is 15.9. The maximum atomic E-state index is 13.9. The summed E-state index contributed by atoms with van der Waals surface area (Å²) in [6.45, 7) is 2.92. The van der Waals surface area contributed by atoms with Crippen molar-refractivity contribution < 1.29 is 33.4 Å². The van der Waals surface area contributed by atoms with E-state index in [0.29, 0.717) is 63.3 Å². The molecular formula is C41H48N4O8P2S. The molecule has 2 saturated carbocycles. The molecule has 1 aromatic carbocycles. The van der Waals surface area contributed by atoms with E-state index in [9.17, 15) is 28.8 Å². The maximum absolute atomic E-state index is 13.9. The van der Waals surface area contributed by atoms with Crippen LogP contribution in [0.1, 0.15) is 87.8 Å². The number of thioether (sulfide) groups is 1. The Kier molecular flexibility index (Phi) is 11.4. The SMILES string of the molecule is CC[C@@]1(OC(=O)C2CCC(CNC(=O)C3CCC(CN4C(=O)CC(SCPP)C4=O)CC3)CC2)C(=O)OCc2c1cc1n(c2=O)Cc2cc3ccccc3nc2-1. The fourth-order valence-electron chi connectivity index (χ4n) is 9.32. The summed E-state index contributed by atoms with van der Waals surface area (Å²) < 4.78 is 13.4. The van der Waals surface area contributed by atoms with Crippen LogP contribution in [0.4, 0.5) is 0 Å². The first kappa shape index (κ1) is 39.2. The Bertz CT molecular complexity index is 2150. The van der Waals surface area contributed by atoms with Crippen LogP contribution >= 0.6 is 29.0 Å². The molecule has 8 rings (SSSR count). The van der Waals surface area contributed by atoms with Gasteiger partial charge in [0.1, 0.15) is 6.61 Å². The Labute approximate surface area is 333 Å². The topological polar surface area (TPSA) is 154 Å². The summed E-state index contributed by atoms with van der Waals surface area (Å²) in [5.41, 5.74) is 2.54. The van der Waals surface area contributed by atoms with E-state index in [2.05, 4.69) is 14.2 Å². The van der Waals surface area contributed by atoms with Gasteiger partial charge < -0.3 is 19.4 Å². The second-order valence-corrected chi connectivity index (χ2v) is 19.6. The van der Waals surface area contributed by atoms with Gasteiger partial charge >= 0.3 is 11.9 Å². The molecule has 2 aromatic heterocycles. The number of esters is 2. The largest absolute Gasteiger partial charge is 0.457 e. The van der Waals surface area contributed by atoms with Gasteiger partial charge in [-0.2, -0.15) is 0 Å². The number of aromatic nitrogens is 2. The van der Waals surface area contributed by atoms with Crippen LogP contribution in [0.5, 0.6) is 0 Å². The molecule has 3 aromatic rings. The number of carbonyl (C=O) groups excluding carboxylic acids is 5. The van der Waals surface area contributed by atoms with Crippen LogP contribution in [0.3, 0.4) is 0 Å². The van der Waals surface area contributed by atoms with E-state index in [4.69, 9.17) is 14.5 Å². The summed E-state index contributed by atoms with van der Waals surface area (Å²) in [6, 6.07) is 11.6. The van der Waals surface area contributed by atoms with Crippen molar-refractivity contribution in [3.8, 4) is 11.4 Å². The lowest BCUT2D eigenvalue weighted by Crippen LogP contribution is -2.48. The van der Waals surface area contributed by atoms with Gasteiger partial charge in [0.25, 0.3) is 5.56 Å². The zero-order valence-electron chi connectivity index (χ0n) is 31.6. The minimum Gasteiger partial charge on any atom is -0.457 e. The Morgan fingerprint density at radius 2 is 1.75 bits per heavy atom. The van der Waals surface area contributed by atoms with Gasteiger partial charge in [-0.05, 0) is 87.8 Å². The van der Waals surface area contributed by atoms with Gasteiger partial charge in [-0.15, -0.1) is 20.7 Å². The van der Waals surface area contributed by atoms with Gasteiger partial charge in [-0.25, -0.2) is 9.78 Å². The highest BCUT2D eigenvalue weighted by Gasteiger charge is 2.51. The van der Waals surface area contributed by atoms with Crippen LogP contribution in [0.15, 0.2) is 41.2 Å². The highest BCUT2D eigenvalue weighted by Crippen LogP contribution is 2.43. The van der Waals surface area contributed by atoms with Crippen molar-refractivity contribution in [1.29, 1.82) is 0 Å². The standard InChI is InChI=1S/C41H48N4O8P2S/c1-2-41(30-16-32-35-28(15-27-5-3-4-6-31(27)43-35)20-44(32)37(48)29(30)21-52-40(41)51)53-39(50)26-13-7-23(8-14-26)18-42-36(47)25-11-9-24(10-12-25)19-45-34(46)17-33(38(45)49)56-22-55-54/h3-6,15-16,23-26,33,55H,2,7-14,17-22,54H2,1H3,(H,42,47)/t23?,24?,25?,26?,33?,41-/m0/s1. The third-order valence-corrected chi connectivity index (χ3v) is 16.2. The van der Waals surface area contributed by atoms with E-state index in [1.54, 1.807) is 29.3 Å². The minimum absolute atomic E-state index is 0.0424. The third kappa shape index (κ3) is 7.33. The molecule has 5 aliphatic rings. The summed E-state index contributed by atoms with van der Waals surface area (Å²) in [4.78, 5) is 86.1. The van der Waals surface area contributed by atoms with Crippen molar-refractivity contribution in [3.05, 3.63) is 63.4 Å². The van der Waals surface area contributed by atoms with Crippen LogP contribution in [-0.2, 0) is 52.2 Å². The lowest BCUT2D eigenvalue weighted by atomic mass is 9.80. The number of likely N-dealkylation sites (tertiary alicyclic amines) is 1. The molecule has 5 heterocycles. The fourth-order valence-corrected chi connectivity index (χ4v) is 11.9. The maximum Gasteiger partial charge on any atom is 0.355 e. The second kappa shape index (κ2) is 16.3. The van der Waals surface area contributed by atoms with Crippen molar-refractivity contribution in [2.75, 3.05) is 18.6 Å². The van der Waals surface area contributed by atoms with Gasteiger partial charge in [0.05, 0.1) is 40.2 Å². The van der Waals surface area contributed by atoms with Gasteiger partial charge in [-0.1, -0.05) is 33.4 Å². The molecule has 3 amide bonds. The zero-order chi connectivity index (χ0) is 39.1. The summed E-state index contributed by atoms with van der Waals surface area (Å²) >= 11 is 1.57. The number of ether oxygens (including phenoxy) is 2. The average molecular weight is 819 g/mol. The molecule has 3 fully saturated rings. The summed E-state index contributed by atoms with van der Waals surface area (Å²) in [5, 5.41) is 3.88. The number of pyridine rings is 2. The smallest absolute Gasteiger partial charge is 0.355 e. The van der Waals surface area contributed by atoms with Crippen LogP contribution in [0.2, 0.25) is 0 Å². The first-order valence-electron chi connectivity index (χ1n) is 19.8. The number of amides is 3. The minimum atomic E-state index is -1.74. The fraction of sp³-hybridized carbons (Fsp3) is 0.537. The van der Waals surface area contributed by atoms with E-state index < -0.39 is 23.5 Å². The van der Waals surface area contributed by atoms with Crippen molar-refractivity contribution in [2.45, 2.75) is 95.1 Å². The number of hydrogen-bond acceptors (Lipinski definition) is 10. The molecule has 4 atom stereocenters. The molecule has 0 radical (unpaired) electrons. The van der Waals surface area contributed by atoms with E-state index in [1.165, 1.54) is 4.90 Å². The number of nitrogens with one attached hydrogen (secondary N) is 1. The van der Waals surface area contributed by atoms with Crippen LogP contribution < -0.4 is 10.9 Å². The van der Waals surface area contributed by atoms with Gasteiger partial charge in [-0.3, -0.25) is 28.9 Å². The molecule has 1 saturated heterocycles. The lowest BCUT2D eigenvalue weighted by Gasteiger charge is -2.37. The molecule has 2 aliphatic carbocycles. The quantitative estimate of drug-likeness (QED) is 0.114. The van der Waals surface area contributed by atoms with Gasteiger partial charge in [0.2, 0.25) is 23.3 Å². The van der Waals surface area contributed by atoms with Gasteiger partial charge in [0, 0.05) is 47.4 Å². The highest BCUT2D eigenvalue weighted by molar-refractivity contribution is 8.14. The van der Waals surface area contributed by atoms with Crippen LogP contribution in [0, 0.1) is 23.7 Å². The number of cyclic esters (lactones) is 1. The van der Waals surface area contributed by atoms with E-state index >= 15 is 0 Å². The number of nitrogens with zero attached hydrogens (tertiary/aromatic N) is 3. The summed E-state index contributed by atoms with van der Waals surface area (Å²) in [6.07, 6.45) is 6.07. The van der Waals surface area contributed by atoms with Crippen LogP contribution in [-0.4, -0.2) is 67.9 Å². The predicted molar refractivity (Wildman–Crippen MR) is 218 cm³/mol. The number of benzene rings is 1. The van der Waals surface area contributed by atoms with Crippen molar-refractivity contribution in [3.63, 3.8) is 0 Å². The van der Waals surface area contributed by atoms with Crippen LogP contribution in [0.25, 0.3) is 22.3 Å². The third-order valence-electron chi connectivity index (χ3n) is 12.6. The first-order chi connectivity index (χ1) is 27.1. The molecule has 296 valence electrons. The van der Waals surface area contributed by atoms with E-state index in [1.807, 2.05) is 30.3 Å². The number of hydrogen-bond donors (Lipinski definition) is 1. The molecule has 1 N–H and O–H groups in total. The molecule has 56 heavy (non-hydrogen) atoms. The lowest BCUT2D eigenvalue weighted by molar-refractivity contribution is -0.192. The Hall–Kier alpha value is -3.66. The Morgan fingerprint density at radius 3 is 2.50 bits per heavy atom. The zero-order valence-corrected chi connectivity index (χ0v) is 34.5. The molecule has 0 bridgehead atoms. The van der Waals surface area contributed by atoms with Gasteiger partial charge in [0.15, 0.2) is 0 Å². The number of para-hydroxylation sites is 1. The number of fused-ring (bicyclic) bond motifs is 5. The van der Waals surface area contributed by atoms with E-state index in [0.717, 1.165) is 60.5 Å². The number of carbonyl (C=O) groups is 5. The summed E-state index contributed by atoms with van der Waals surface area (Å²) in [7, 11) is 3.34. The van der Waals surface area contributed by atoms with Crippen molar-refractivity contribution in [2.24, 2.45) is 23.7 Å². The Morgan fingerprint density at radius 1 is 1.02 bits per heavy atom. The average Bonchev–Trinajstić information content (AvgIpc) is 3.71. The molecule has 3 unspecified atom stereocenters. The Balaban J connectivity index is 0.849. The molecular weight excluding hydrogens is 770 g/mol. The molecule has 15 heteroatoms.